The molecule has 13 heteroatoms. The van der Waals surface area contributed by atoms with Gasteiger partial charge in [0.2, 0.25) is 21.8 Å². The van der Waals surface area contributed by atoms with E-state index in [-0.39, 0.29) is 17.9 Å². The van der Waals surface area contributed by atoms with Crippen molar-refractivity contribution < 1.29 is 31.2 Å². The molecule has 2 amide bonds. The van der Waals surface area contributed by atoms with Crippen molar-refractivity contribution in [3.05, 3.63) is 64.7 Å². The van der Waals surface area contributed by atoms with Crippen molar-refractivity contribution in [2.45, 2.75) is 49.1 Å². The number of nitriles is 1. The molecule has 196 valence electrons. The first-order valence-electron chi connectivity index (χ1n) is 11.5. The van der Waals surface area contributed by atoms with Gasteiger partial charge in [-0.3, -0.25) is 14.9 Å². The fraction of sp³-hybridized carbons (Fsp3) is 0.375. The van der Waals surface area contributed by atoms with Crippen LogP contribution in [0.15, 0.2) is 47.4 Å². The van der Waals surface area contributed by atoms with E-state index in [9.17, 15) is 31.2 Å². The van der Waals surface area contributed by atoms with Gasteiger partial charge in [0.1, 0.15) is 18.6 Å². The number of nitrogens with zero attached hydrogens (tertiary/aromatic N) is 2. The van der Waals surface area contributed by atoms with Crippen LogP contribution in [-0.2, 0) is 32.6 Å². The first-order valence-corrected chi connectivity index (χ1v) is 13.0. The average Bonchev–Trinajstić information content (AvgIpc) is 3.16. The van der Waals surface area contributed by atoms with Crippen LogP contribution in [0.3, 0.4) is 0 Å². The van der Waals surface area contributed by atoms with E-state index in [2.05, 4.69) is 15.4 Å². The number of alkyl halides is 3. The number of rotatable bonds is 7. The van der Waals surface area contributed by atoms with Gasteiger partial charge in [-0.25, -0.2) is 8.42 Å². The number of halogens is 3. The zero-order valence-corrected chi connectivity index (χ0v) is 20.3. The van der Waals surface area contributed by atoms with Crippen LogP contribution < -0.4 is 15.4 Å². The molecule has 37 heavy (non-hydrogen) atoms. The smallest absolute Gasteiger partial charge is 0.337 e. The monoisotopic (exact) mass is 535 g/mol. The van der Waals surface area contributed by atoms with E-state index in [1.165, 1.54) is 17.0 Å². The maximum absolute atomic E-state index is 13.1. The molecule has 9 nitrogen and oxygen atoms in total. The molecule has 1 saturated heterocycles. The van der Waals surface area contributed by atoms with Gasteiger partial charge in [-0.05, 0) is 53.8 Å². The van der Waals surface area contributed by atoms with Crippen molar-refractivity contribution in [3.63, 3.8) is 0 Å². The number of amides is 2. The Morgan fingerprint density at radius 2 is 2.00 bits per heavy atom. The highest BCUT2D eigenvalue weighted by molar-refractivity contribution is 7.89. The van der Waals surface area contributed by atoms with Gasteiger partial charge in [-0.2, -0.15) is 23.2 Å². The number of likely N-dealkylation sites (tertiary alicyclic amines) is 1. The van der Waals surface area contributed by atoms with Gasteiger partial charge in [0.15, 0.2) is 0 Å². The molecule has 3 N–H and O–H groups in total. The molecular formula is C24H24F3N5O4S. The van der Waals surface area contributed by atoms with Crippen LogP contribution >= 0.6 is 0 Å². The Bertz CT molecular complexity index is 1360. The molecule has 2 atom stereocenters. The predicted octanol–water partition coefficient (Wildman–Crippen LogP) is 1.85. The summed E-state index contributed by atoms with van der Waals surface area (Å²) in [5.41, 5.74) is 2.24. The van der Waals surface area contributed by atoms with Crippen molar-refractivity contribution in [2.24, 2.45) is 0 Å². The van der Waals surface area contributed by atoms with E-state index in [1.54, 1.807) is 30.3 Å². The fourth-order valence-corrected chi connectivity index (χ4v) is 5.70. The maximum Gasteiger partial charge on any atom is 0.397 e. The summed E-state index contributed by atoms with van der Waals surface area (Å²) in [5, 5.41) is 14.2. The molecule has 0 bridgehead atoms. The lowest BCUT2D eigenvalue weighted by Crippen LogP contribution is -2.43. The molecular weight excluding hydrogens is 511 g/mol. The van der Waals surface area contributed by atoms with Gasteiger partial charge in [0.05, 0.1) is 16.5 Å². The Hall–Kier alpha value is -3.47. The Morgan fingerprint density at radius 1 is 1.22 bits per heavy atom. The fourth-order valence-electron chi connectivity index (χ4n) is 4.44. The van der Waals surface area contributed by atoms with Crippen LogP contribution in [0.2, 0.25) is 0 Å². The number of nitrogens with one attached hydrogen (secondary N) is 3. The molecule has 1 unspecified atom stereocenters. The van der Waals surface area contributed by atoms with E-state index in [4.69, 9.17) is 5.26 Å². The minimum Gasteiger partial charge on any atom is -0.337 e. The Morgan fingerprint density at radius 3 is 2.73 bits per heavy atom. The van der Waals surface area contributed by atoms with Gasteiger partial charge in [0, 0.05) is 19.6 Å². The van der Waals surface area contributed by atoms with Crippen molar-refractivity contribution in [1.29, 1.82) is 5.26 Å². The topological polar surface area (TPSA) is 131 Å². The Kier molecular flexibility index (Phi) is 7.54. The summed E-state index contributed by atoms with van der Waals surface area (Å²) in [6, 6.07) is 12.1. The second-order valence-electron chi connectivity index (χ2n) is 8.89. The molecule has 2 heterocycles. The third-order valence-electron chi connectivity index (χ3n) is 6.17. The molecule has 2 aromatic carbocycles. The highest BCUT2D eigenvalue weighted by Gasteiger charge is 2.36. The average molecular weight is 536 g/mol. The second-order valence-corrected chi connectivity index (χ2v) is 10.6. The van der Waals surface area contributed by atoms with Crippen molar-refractivity contribution in [3.8, 4) is 6.07 Å². The highest BCUT2D eigenvalue weighted by Crippen LogP contribution is 2.27. The molecule has 0 radical (unpaired) electrons. The van der Waals surface area contributed by atoms with E-state index < -0.39 is 46.6 Å². The molecule has 0 aromatic heterocycles. The largest absolute Gasteiger partial charge is 0.397 e. The summed E-state index contributed by atoms with van der Waals surface area (Å²) in [6.07, 6.45) is -6.56. The quantitative estimate of drug-likeness (QED) is 0.496. The lowest BCUT2D eigenvalue weighted by atomic mass is 9.98. The van der Waals surface area contributed by atoms with Crippen molar-refractivity contribution in [1.82, 2.24) is 20.3 Å². The Balaban J connectivity index is 1.46. The zero-order valence-electron chi connectivity index (χ0n) is 19.5. The van der Waals surface area contributed by atoms with Gasteiger partial charge in [0.25, 0.3) is 0 Å². The normalized spacial score (nSPS) is 19.8. The summed E-state index contributed by atoms with van der Waals surface area (Å²) in [6.45, 7) is 0.943. The van der Waals surface area contributed by atoms with Gasteiger partial charge in [-0.1, -0.05) is 18.2 Å². The summed E-state index contributed by atoms with van der Waals surface area (Å²) >= 11 is 0. The third kappa shape index (κ3) is 6.46. The van der Waals surface area contributed by atoms with Gasteiger partial charge >= 0.3 is 6.18 Å². The number of hydrogen-bond donors (Lipinski definition) is 3. The van der Waals surface area contributed by atoms with E-state index in [0.29, 0.717) is 36.2 Å². The SMILES string of the molecule is N#Cc1cccc(CN2CC[C@H](NS(=O)(=O)c3ccc4c(c3)C(NC(=O)CC(F)(F)F)NCC4)C2=O)c1. The number of benzene rings is 2. The van der Waals surface area contributed by atoms with Crippen LogP contribution in [0.4, 0.5) is 13.2 Å². The summed E-state index contributed by atoms with van der Waals surface area (Å²) in [7, 11) is -4.16. The first kappa shape index (κ1) is 26.6. The molecule has 1 fully saturated rings. The number of sulfonamides is 1. The summed E-state index contributed by atoms with van der Waals surface area (Å²) < 4.78 is 66.4. The van der Waals surface area contributed by atoms with Crippen molar-refractivity contribution in [2.75, 3.05) is 13.1 Å². The number of carbonyl (C=O) groups is 2. The lowest BCUT2D eigenvalue weighted by Gasteiger charge is -2.28. The van der Waals surface area contributed by atoms with Gasteiger partial charge in [-0.15, -0.1) is 0 Å². The van der Waals surface area contributed by atoms with Crippen LogP contribution in [0.25, 0.3) is 0 Å². The number of carbonyl (C=O) groups excluding carboxylic acids is 2. The Labute approximate surface area is 211 Å². The maximum atomic E-state index is 13.1. The summed E-state index contributed by atoms with van der Waals surface area (Å²) in [4.78, 5) is 26.0. The van der Waals surface area contributed by atoms with E-state index in [0.717, 1.165) is 5.56 Å². The van der Waals surface area contributed by atoms with Gasteiger partial charge < -0.3 is 10.2 Å². The van der Waals surface area contributed by atoms with Crippen LogP contribution in [0, 0.1) is 11.3 Å². The van der Waals surface area contributed by atoms with Crippen LogP contribution in [-0.4, -0.2) is 50.4 Å². The lowest BCUT2D eigenvalue weighted by molar-refractivity contribution is -0.154. The molecule has 0 aliphatic carbocycles. The third-order valence-corrected chi connectivity index (χ3v) is 7.64. The number of hydrogen-bond acceptors (Lipinski definition) is 6. The zero-order chi connectivity index (χ0) is 26.8. The minimum absolute atomic E-state index is 0.169. The summed E-state index contributed by atoms with van der Waals surface area (Å²) in [5.74, 6) is -1.64. The minimum atomic E-state index is -4.67. The molecule has 2 aliphatic heterocycles. The van der Waals surface area contributed by atoms with Crippen molar-refractivity contribution >= 4 is 21.8 Å². The number of fused-ring (bicyclic) bond motifs is 1. The molecule has 4 rings (SSSR count). The van der Waals surface area contributed by atoms with E-state index in [1.807, 2.05) is 6.07 Å². The molecule has 2 aliphatic rings. The molecule has 0 spiro atoms. The molecule has 0 saturated carbocycles. The van der Waals surface area contributed by atoms with Crippen LogP contribution in [0.5, 0.6) is 0 Å². The molecule has 2 aromatic rings. The predicted molar refractivity (Wildman–Crippen MR) is 125 cm³/mol. The second kappa shape index (κ2) is 10.5. The highest BCUT2D eigenvalue weighted by atomic mass is 32.2. The first-order chi connectivity index (χ1) is 17.4. The van der Waals surface area contributed by atoms with E-state index >= 15 is 0 Å². The standard InChI is InChI=1S/C24H24F3N5O4S/c25-24(26,27)12-21(33)30-22-19-11-18(5-4-17(19)6-8-29-22)37(35,36)31-20-7-9-32(23(20)34)14-16-3-1-2-15(10-16)13-28/h1-5,10-11,20,22,29,31H,6-9,12,14H2,(H,30,33)/t20-,22?/m0/s1. The van der Waals surface area contributed by atoms with Crippen LogP contribution in [0.1, 0.15) is 41.3 Å².